The number of nitro benzene ring substituents is 1. The van der Waals surface area contributed by atoms with Gasteiger partial charge in [0.15, 0.2) is 5.78 Å². The molecule has 3 aromatic rings. The SMILES string of the molecule is O=C1Nc2ccc([N+](=O)[O-])cc2C1=Nc1ccc(Cl)cc1C(=O)c1ccccc1. The number of carbonyl (C=O) groups is 2. The number of hydrogen-bond acceptors (Lipinski definition) is 5. The van der Waals surface area contributed by atoms with E-state index >= 15 is 0 Å². The zero-order chi connectivity index (χ0) is 20.5. The van der Waals surface area contributed by atoms with Crippen LogP contribution in [0.2, 0.25) is 5.02 Å². The minimum absolute atomic E-state index is 0.00636. The molecule has 1 aliphatic rings. The van der Waals surface area contributed by atoms with Crippen LogP contribution in [0.25, 0.3) is 0 Å². The Labute approximate surface area is 169 Å². The number of nitro groups is 1. The fourth-order valence-electron chi connectivity index (χ4n) is 3.02. The van der Waals surface area contributed by atoms with Crippen LogP contribution in [0.15, 0.2) is 71.7 Å². The summed E-state index contributed by atoms with van der Waals surface area (Å²) in [7, 11) is 0. The normalized spacial score (nSPS) is 13.8. The van der Waals surface area contributed by atoms with E-state index in [9.17, 15) is 19.7 Å². The van der Waals surface area contributed by atoms with Crippen molar-refractivity contribution < 1.29 is 14.5 Å². The first kappa shape index (κ1) is 18.5. The zero-order valence-electron chi connectivity index (χ0n) is 14.8. The van der Waals surface area contributed by atoms with Crippen LogP contribution < -0.4 is 5.32 Å². The summed E-state index contributed by atoms with van der Waals surface area (Å²) in [5.41, 5.74) is 1.47. The maximum Gasteiger partial charge on any atom is 0.275 e. The molecule has 0 saturated heterocycles. The van der Waals surface area contributed by atoms with Crippen molar-refractivity contribution in [1.82, 2.24) is 0 Å². The summed E-state index contributed by atoms with van der Waals surface area (Å²) < 4.78 is 0. The average Bonchev–Trinajstić information content (AvgIpc) is 3.03. The number of ketones is 1. The molecule has 0 aromatic heterocycles. The van der Waals surface area contributed by atoms with Crippen molar-refractivity contribution in [2.24, 2.45) is 4.99 Å². The summed E-state index contributed by atoms with van der Waals surface area (Å²) in [6, 6.07) is 17.2. The topological polar surface area (TPSA) is 102 Å². The third kappa shape index (κ3) is 3.51. The predicted molar refractivity (Wildman–Crippen MR) is 109 cm³/mol. The predicted octanol–water partition coefficient (Wildman–Crippen LogP) is 4.55. The second kappa shape index (κ2) is 7.29. The van der Waals surface area contributed by atoms with Gasteiger partial charge in [0.2, 0.25) is 0 Å². The molecule has 7 nitrogen and oxygen atoms in total. The third-order valence-electron chi connectivity index (χ3n) is 4.40. The maximum atomic E-state index is 12.9. The molecule has 1 N–H and O–H groups in total. The van der Waals surface area contributed by atoms with Gasteiger partial charge in [-0.2, -0.15) is 0 Å². The van der Waals surface area contributed by atoms with Crippen molar-refractivity contribution in [1.29, 1.82) is 0 Å². The Balaban J connectivity index is 1.84. The lowest BCUT2D eigenvalue weighted by Gasteiger charge is -2.07. The summed E-state index contributed by atoms with van der Waals surface area (Å²) >= 11 is 6.08. The minimum Gasteiger partial charge on any atom is -0.320 e. The lowest BCUT2D eigenvalue weighted by molar-refractivity contribution is -0.384. The molecule has 0 spiro atoms. The van der Waals surface area contributed by atoms with Crippen LogP contribution in [0.3, 0.4) is 0 Å². The molecule has 0 bridgehead atoms. The van der Waals surface area contributed by atoms with Gasteiger partial charge in [0.25, 0.3) is 11.6 Å². The lowest BCUT2D eigenvalue weighted by atomic mass is 10.0. The highest BCUT2D eigenvalue weighted by atomic mass is 35.5. The molecule has 1 aliphatic heterocycles. The summed E-state index contributed by atoms with van der Waals surface area (Å²) in [5.74, 6) is -0.807. The van der Waals surface area contributed by atoms with Gasteiger partial charge in [0.1, 0.15) is 5.71 Å². The Morgan fingerprint density at radius 2 is 1.79 bits per heavy atom. The molecule has 29 heavy (non-hydrogen) atoms. The smallest absolute Gasteiger partial charge is 0.275 e. The highest BCUT2D eigenvalue weighted by Crippen LogP contribution is 2.32. The quantitative estimate of drug-likeness (QED) is 0.390. The number of benzene rings is 3. The Morgan fingerprint density at radius 3 is 2.52 bits per heavy atom. The number of carbonyl (C=O) groups excluding carboxylic acids is 2. The monoisotopic (exact) mass is 405 g/mol. The van der Waals surface area contributed by atoms with Crippen LogP contribution in [0, 0.1) is 10.1 Å². The summed E-state index contributed by atoms with van der Waals surface area (Å²) in [4.78, 5) is 40.3. The van der Waals surface area contributed by atoms with Gasteiger partial charge >= 0.3 is 0 Å². The number of amides is 1. The molecule has 0 fully saturated rings. The van der Waals surface area contributed by atoms with Gasteiger partial charge in [-0.05, 0) is 24.3 Å². The van der Waals surface area contributed by atoms with Crippen LogP contribution in [-0.4, -0.2) is 22.3 Å². The Morgan fingerprint density at radius 1 is 1.03 bits per heavy atom. The number of aliphatic imine (C=N–C) groups is 1. The number of nitrogens with zero attached hydrogens (tertiary/aromatic N) is 2. The molecule has 142 valence electrons. The minimum atomic E-state index is -0.548. The highest BCUT2D eigenvalue weighted by Gasteiger charge is 2.28. The van der Waals surface area contributed by atoms with Crippen LogP contribution in [0.5, 0.6) is 0 Å². The number of anilines is 1. The van der Waals surface area contributed by atoms with Crippen LogP contribution in [0.1, 0.15) is 21.5 Å². The van der Waals surface area contributed by atoms with Crippen molar-refractivity contribution in [3.05, 3.63) is 98.6 Å². The van der Waals surface area contributed by atoms with Gasteiger partial charge in [-0.1, -0.05) is 41.9 Å². The Hall–Kier alpha value is -3.84. The number of hydrogen-bond donors (Lipinski definition) is 1. The third-order valence-corrected chi connectivity index (χ3v) is 4.64. The van der Waals surface area contributed by atoms with Gasteiger partial charge in [0.05, 0.1) is 16.3 Å². The standard InChI is InChI=1S/C21H12ClN3O4/c22-13-6-8-18(16(10-13)20(26)12-4-2-1-3-5-12)23-19-15-11-14(25(28)29)7-9-17(15)24-21(19)27/h1-11H,(H,23,24,27). The average molecular weight is 406 g/mol. The highest BCUT2D eigenvalue weighted by molar-refractivity contribution is 6.54. The van der Waals surface area contributed by atoms with Gasteiger partial charge in [-0.15, -0.1) is 0 Å². The van der Waals surface area contributed by atoms with E-state index in [0.29, 0.717) is 21.8 Å². The van der Waals surface area contributed by atoms with Gasteiger partial charge in [-0.3, -0.25) is 19.7 Å². The summed E-state index contributed by atoms with van der Waals surface area (Å²) in [6.45, 7) is 0. The number of nitrogens with one attached hydrogen (secondary N) is 1. The second-order valence-corrected chi connectivity index (χ2v) is 6.69. The summed E-state index contributed by atoms with van der Waals surface area (Å²) in [5, 5.41) is 14.1. The van der Waals surface area contributed by atoms with Gasteiger partial charge < -0.3 is 5.32 Å². The van der Waals surface area contributed by atoms with Crippen molar-refractivity contribution in [2.45, 2.75) is 0 Å². The molecule has 0 unspecified atom stereocenters. The van der Waals surface area contributed by atoms with E-state index in [0.717, 1.165) is 0 Å². The molecule has 0 radical (unpaired) electrons. The molecule has 4 rings (SSSR count). The van der Waals surface area contributed by atoms with Crippen LogP contribution >= 0.6 is 11.6 Å². The number of halogens is 1. The fourth-order valence-corrected chi connectivity index (χ4v) is 3.19. The molecule has 0 aliphatic carbocycles. The molecule has 1 amide bonds. The molecule has 3 aromatic carbocycles. The number of non-ortho nitro benzene ring substituents is 1. The Kier molecular flexibility index (Phi) is 4.66. The van der Waals surface area contributed by atoms with E-state index in [1.807, 2.05) is 0 Å². The lowest BCUT2D eigenvalue weighted by Crippen LogP contribution is -2.14. The number of rotatable bonds is 4. The van der Waals surface area contributed by atoms with Crippen molar-refractivity contribution in [2.75, 3.05) is 5.32 Å². The van der Waals surface area contributed by atoms with Crippen LogP contribution in [-0.2, 0) is 4.79 Å². The van der Waals surface area contributed by atoms with E-state index < -0.39 is 10.8 Å². The maximum absolute atomic E-state index is 12.9. The van der Waals surface area contributed by atoms with E-state index in [1.54, 1.807) is 36.4 Å². The molecular formula is C21H12ClN3O4. The van der Waals surface area contributed by atoms with Gasteiger partial charge in [0, 0.05) is 33.8 Å². The first-order valence-corrected chi connectivity index (χ1v) is 8.90. The van der Waals surface area contributed by atoms with E-state index in [4.69, 9.17) is 11.6 Å². The second-order valence-electron chi connectivity index (χ2n) is 6.26. The van der Waals surface area contributed by atoms with Crippen LogP contribution in [0.4, 0.5) is 17.1 Å². The van der Waals surface area contributed by atoms with Crippen molar-refractivity contribution in [3.8, 4) is 0 Å². The largest absolute Gasteiger partial charge is 0.320 e. The zero-order valence-corrected chi connectivity index (χ0v) is 15.5. The molecule has 8 heteroatoms. The molecule has 0 atom stereocenters. The molecular weight excluding hydrogens is 394 g/mol. The van der Waals surface area contributed by atoms with Gasteiger partial charge in [-0.25, -0.2) is 4.99 Å². The Bertz CT molecular complexity index is 1210. The fraction of sp³-hybridized carbons (Fsp3) is 0. The summed E-state index contributed by atoms with van der Waals surface area (Å²) in [6.07, 6.45) is 0. The van der Waals surface area contributed by atoms with E-state index in [1.165, 1.54) is 30.3 Å². The molecule has 0 saturated carbocycles. The van der Waals surface area contributed by atoms with Crippen molar-refractivity contribution >= 4 is 46.1 Å². The first-order valence-electron chi connectivity index (χ1n) is 8.52. The number of fused-ring (bicyclic) bond motifs is 1. The first-order chi connectivity index (χ1) is 13.9. The molecule has 1 heterocycles. The van der Waals surface area contributed by atoms with E-state index in [2.05, 4.69) is 10.3 Å². The van der Waals surface area contributed by atoms with Crippen molar-refractivity contribution in [3.63, 3.8) is 0 Å². The van der Waals surface area contributed by atoms with E-state index in [-0.39, 0.29) is 28.4 Å².